The lowest BCUT2D eigenvalue weighted by Crippen LogP contribution is -2.47. The van der Waals surface area contributed by atoms with E-state index in [0.29, 0.717) is 57.4 Å². The highest BCUT2D eigenvalue weighted by Crippen LogP contribution is 2.42. The molecule has 1 aromatic carbocycles. The van der Waals surface area contributed by atoms with E-state index in [1.807, 2.05) is 18.2 Å². The highest BCUT2D eigenvalue weighted by Gasteiger charge is 2.43. The van der Waals surface area contributed by atoms with Gasteiger partial charge in [-0.3, -0.25) is 9.78 Å². The molecule has 200 valence electrons. The van der Waals surface area contributed by atoms with Crippen LogP contribution in [0.25, 0.3) is 11.3 Å². The van der Waals surface area contributed by atoms with Gasteiger partial charge in [0.1, 0.15) is 17.8 Å². The van der Waals surface area contributed by atoms with Crippen molar-refractivity contribution in [2.75, 3.05) is 31.1 Å². The number of fused-ring (bicyclic) bond motifs is 1. The standard InChI is InChI=1S/C26H26F3N5O4/c27-26(28,29)13-22-31-24(38-32-22)33-9-6-25(7-10-33)12-18-11-20(30-14-21(18)37-25)16-1-3-17(4-2-16)23(36)34-8-5-19(35)15-34/h1-4,11,14,19,35H,5-10,12-13,15H2/t19-/m1/s1. The van der Waals surface area contributed by atoms with Gasteiger partial charge < -0.3 is 24.2 Å². The molecule has 6 rings (SSSR count). The quantitative estimate of drug-likeness (QED) is 0.549. The van der Waals surface area contributed by atoms with Crippen LogP contribution >= 0.6 is 0 Å². The second-order valence-corrected chi connectivity index (χ2v) is 10.2. The smallest absolute Gasteiger partial charge is 0.396 e. The van der Waals surface area contributed by atoms with Crippen molar-refractivity contribution in [2.45, 2.75) is 50.0 Å². The van der Waals surface area contributed by atoms with Crippen molar-refractivity contribution in [3.05, 3.63) is 53.5 Å². The first-order chi connectivity index (χ1) is 18.2. The summed E-state index contributed by atoms with van der Waals surface area (Å²) in [5.41, 5.74) is 2.86. The molecule has 38 heavy (non-hydrogen) atoms. The number of likely N-dealkylation sites (tertiary alicyclic amines) is 1. The second-order valence-electron chi connectivity index (χ2n) is 10.2. The summed E-state index contributed by atoms with van der Waals surface area (Å²) >= 11 is 0. The van der Waals surface area contributed by atoms with Gasteiger partial charge in [-0.15, -0.1) is 0 Å². The minimum Gasteiger partial charge on any atom is -0.485 e. The minimum absolute atomic E-state index is 0.0891. The Morgan fingerprint density at radius 1 is 1.16 bits per heavy atom. The van der Waals surface area contributed by atoms with Gasteiger partial charge in [0.2, 0.25) is 0 Å². The molecule has 3 aliphatic rings. The number of ether oxygens (including phenoxy) is 1. The van der Waals surface area contributed by atoms with Crippen LogP contribution < -0.4 is 9.64 Å². The lowest BCUT2D eigenvalue weighted by atomic mass is 9.87. The summed E-state index contributed by atoms with van der Waals surface area (Å²) in [7, 11) is 0. The number of hydrogen-bond donors (Lipinski definition) is 1. The number of piperidine rings is 1. The van der Waals surface area contributed by atoms with Crippen LogP contribution in [0.4, 0.5) is 19.2 Å². The molecule has 0 radical (unpaired) electrons. The van der Waals surface area contributed by atoms with E-state index in [9.17, 15) is 23.1 Å². The number of pyridine rings is 1. The first-order valence-corrected chi connectivity index (χ1v) is 12.6. The number of aliphatic hydroxyl groups excluding tert-OH is 1. The first-order valence-electron chi connectivity index (χ1n) is 12.6. The number of β-amino-alcohol motifs (C(OH)–C–C–N with tert-alkyl or cyclic N) is 1. The van der Waals surface area contributed by atoms with Crippen LogP contribution in [-0.2, 0) is 12.8 Å². The van der Waals surface area contributed by atoms with E-state index in [2.05, 4.69) is 15.1 Å². The van der Waals surface area contributed by atoms with E-state index in [4.69, 9.17) is 9.26 Å². The van der Waals surface area contributed by atoms with Crippen molar-refractivity contribution in [2.24, 2.45) is 0 Å². The van der Waals surface area contributed by atoms with E-state index in [0.717, 1.165) is 22.6 Å². The summed E-state index contributed by atoms with van der Waals surface area (Å²) in [6, 6.07) is 9.41. The molecule has 3 aliphatic heterocycles. The molecule has 5 heterocycles. The van der Waals surface area contributed by atoms with Gasteiger partial charge in [0.25, 0.3) is 5.91 Å². The molecular formula is C26H26F3N5O4. The van der Waals surface area contributed by atoms with Crippen LogP contribution in [-0.4, -0.2) is 75.1 Å². The third-order valence-electron chi connectivity index (χ3n) is 7.43. The Labute approximate surface area is 216 Å². The molecule has 1 atom stereocenters. The highest BCUT2D eigenvalue weighted by molar-refractivity contribution is 5.94. The van der Waals surface area contributed by atoms with E-state index < -0.39 is 24.3 Å². The third kappa shape index (κ3) is 4.92. The molecule has 1 amide bonds. The zero-order valence-corrected chi connectivity index (χ0v) is 20.4. The zero-order valence-electron chi connectivity index (χ0n) is 20.4. The van der Waals surface area contributed by atoms with E-state index >= 15 is 0 Å². The summed E-state index contributed by atoms with van der Waals surface area (Å²) in [5, 5.41) is 13.2. The second kappa shape index (κ2) is 9.26. The number of anilines is 1. The zero-order chi connectivity index (χ0) is 26.5. The number of amides is 1. The predicted octanol–water partition coefficient (Wildman–Crippen LogP) is 3.42. The largest absolute Gasteiger partial charge is 0.485 e. The molecule has 2 fully saturated rings. The number of halogens is 3. The summed E-state index contributed by atoms with van der Waals surface area (Å²) in [5.74, 6) is 0.267. The number of aromatic nitrogens is 3. The Bertz CT molecular complexity index is 1340. The third-order valence-corrected chi connectivity index (χ3v) is 7.43. The van der Waals surface area contributed by atoms with E-state index in [1.165, 1.54) is 0 Å². The van der Waals surface area contributed by atoms with Gasteiger partial charge in [0.15, 0.2) is 5.82 Å². The normalized spacial score (nSPS) is 20.6. The molecule has 0 unspecified atom stereocenters. The fraction of sp³-hybridized carbons (Fsp3) is 0.462. The summed E-state index contributed by atoms with van der Waals surface area (Å²) in [4.78, 5) is 24.6. The molecule has 12 heteroatoms. The van der Waals surface area contributed by atoms with E-state index in [1.54, 1.807) is 28.1 Å². The van der Waals surface area contributed by atoms with Crippen molar-refractivity contribution in [3.63, 3.8) is 0 Å². The molecule has 0 saturated carbocycles. The summed E-state index contributed by atoms with van der Waals surface area (Å²) < 4.78 is 49.2. The van der Waals surface area contributed by atoms with Crippen molar-refractivity contribution >= 4 is 11.9 Å². The average molecular weight is 530 g/mol. The van der Waals surface area contributed by atoms with Crippen LogP contribution in [0.1, 0.15) is 41.0 Å². The van der Waals surface area contributed by atoms with Crippen LogP contribution in [0.5, 0.6) is 5.75 Å². The fourth-order valence-electron chi connectivity index (χ4n) is 5.39. The summed E-state index contributed by atoms with van der Waals surface area (Å²) in [6.45, 7) is 1.96. The average Bonchev–Trinajstić information content (AvgIpc) is 3.61. The molecule has 1 spiro atoms. The van der Waals surface area contributed by atoms with Crippen LogP contribution in [0, 0.1) is 0 Å². The molecule has 1 N–H and O–H groups in total. The van der Waals surface area contributed by atoms with Gasteiger partial charge >= 0.3 is 12.2 Å². The molecule has 9 nitrogen and oxygen atoms in total. The van der Waals surface area contributed by atoms with E-state index in [-0.39, 0.29) is 17.7 Å². The number of nitrogens with zero attached hydrogens (tertiary/aromatic N) is 5. The van der Waals surface area contributed by atoms with Gasteiger partial charge in [0, 0.05) is 62.1 Å². The lowest BCUT2D eigenvalue weighted by Gasteiger charge is -2.37. The molecule has 0 aliphatic carbocycles. The van der Waals surface area contributed by atoms with Crippen LogP contribution in [0.2, 0.25) is 0 Å². The topological polar surface area (TPSA) is 105 Å². The summed E-state index contributed by atoms with van der Waals surface area (Å²) in [6.07, 6.45) is -1.75. The maximum atomic E-state index is 12.7. The fourth-order valence-corrected chi connectivity index (χ4v) is 5.39. The number of hydrogen-bond acceptors (Lipinski definition) is 8. The Hall–Kier alpha value is -3.67. The number of aliphatic hydroxyl groups is 1. The Balaban J connectivity index is 1.09. The van der Waals surface area contributed by atoms with Crippen molar-refractivity contribution in [1.82, 2.24) is 20.0 Å². The van der Waals surface area contributed by atoms with Crippen LogP contribution in [0.15, 0.2) is 41.1 Å². The molecular weight excluding hydrogens is 503 g/mol. The lowest BCUT2D eigenvalue weighted by molar-refractivity contribution is -0.128. The van der Waals surface area contributed by atoms with Gasteiger partial charge in [-0.25, -0.2) is 0 Å². The first kappa shape index (κ1) is 24.7. The molecule has 0 bridgehead atoms. The Morgan fingerprint density at radius 2 is 1.92 bits per heavy atom. The van der Waals surface area contributed by atoms with Crippen molar-refractivity contribution < 1.29 is 32.3 Å². The minimum atomic E-state index is -4.39. The Morgan fingerprint density at radius 3 is 2.61 bits per heavy atom. The van der Waals surface area contributed by atoms with Gasteiger partial charge in [-0.2, -0.15) is 18.2 Å². The molecule has 2 saturated heterocycles. The maximum Gasteiger partial charge on any atom is 0.396 e. The highest BCUT2D eigenvalue weighted by atomic mass is 19.4. The molecule has 3 aromatic rings. The van der Waals surface area contributed by atoms with Gasteiger partial charge in [-0.05, 0) is 24.6 Å². The van der Waals surface area contributed by atoms with Crippen LogP contribution in [0.3, 0.4) is 0 Å². The monoisotopic (exact) mass is 529 g/mol. The molecule has 2 aromatic heterocycles. The predicted molar refractivity (Wildman–Crippen MR) is 129 cm³/mol. The van der Waals surface area contributed by atoms with Gasteiger partial charge in [-0.1, -0.05) is 17.3 Å². The number of rotatable bonds is 4. The Kier molecular flexibility index (Phi) is 6.01. The number of carbonyl (C=O) groups excluding carboxylic acids is 1. The number of alkyl halides is 3. The van der Waals surface area contributed by atoms with Crippen molar-refractivity contribution in [3.8, 4) is 17.0 Å². The van der Waals surface area contributed by atoms with Gasteiger partial charge in [0.05, 0.1) is 18.0 Å². The number of carbonyl (C=O) groups is 1. The SMILES string of the molecule is O=C(c1ccc(-c2cc3c(cn2)OC2(CCN(c4nc(CC(F)(F)F)no4)CC2)C3)cc1)N1CC[C@@H](O)C1. The number of benzene rings is 1. The van der Waals surface area contributed by atoms with Crippen molar-refractivity contribution in [1.29, 1.82) is 0 Å². The maximum absolute atomic E-state index is 12.7.